The summed E-state index contributed by atoms with van der Waals surface area (Å²) in [4.78, 5) is 26.1. The van der Waals surface area contributed by atoms with Gasteiger partial charge in [-0.25, -0.2) is 14.2 Å². The average molecular weight is 524 g/mol. The van der Waals surface area contributed by atoms with Gasteiger partial charge in [-0.1, -0.05) is 71.1 Å². The molecule has 0 aliphatic rings. The van der Waals surface area contributed by atoms with Crippen LogP contribution in [0.2, 0.25) is 0 Å². The van der Waals surface area contributed by atoms with Crippen molar-refractivity contribution in [3.8, 4) is 11.4 Å². The van der Waals surface area contributed by atoms with Crippen LogP contribution in [0.3, 0.4) is 0 Å². The molecule has 0 saturated heterocycles. The number of alkyl halides is 1. The van der Waals surface area contributed by atoms with Gasteiger partial charge < -0.3 is 10.6 Å². The van der Waals surface area contributed by atoms with Crippen molar-refractivity contribution >= 4 is 40.0 Å². The van der Waals surface area contributed by atoms with Gasteiger partial charge >= 0.3 is 6.03 Å². The number of rotatable bonds is 5. The molecule has 31 heavy (non-hydrogen) atoms. The third-order valence-corrected chi connectivity index (χ3v) is 5.75. The molecule has 0 bridgehead atoms. The van der Waals surface area contributed by atoms with E-state index in [1.165, 1.54) is 0 Å². The lowest BCUT2D eigenvalue weighted by Gasteiger charge is -2.13. The Morgan fingerprint density at radius 1 is 0.839 bits per heavy atom. The predicted molar refractivity (Wildman–Crippen MR) is 133 cm³/mol. The molecular formula is C24H21IN4O2. The minimum absolute atomic E-state index is 0.232. The van der Waals surface area contributed by atoms with Crippen molar-refractivity contribution < 1.29 is 4.79 Å². The molecule has 0 unspecified atom stereocenters. The lowest BCUT2D eigenvalue weighted by Crippen LogP contribution is -2.25. The van der Waals surface area contributed by atoms with Gasteiger partial charge in [-0.05, 0) is 48.9 Å². The number of hydrogen-bond acceptors (Lipinski definition) is 2. The number of nitrogens with one attached hydrogen (secondary N) is 2. The van der Waals surface area contributed by atoms with E-state index in [4.69, 9.17) is 0 Å². The second-order valence-corrected chi connectivity index (χ2v) is 7.74. The highest BCUT2D eigenvalue weighted by molar-refractivity contribution is 14.1. The molecule has 3 aromatic carbocycles. The van der Waals surface area contributed by atoms with Gasteiger partial charge in [0.2, 0.25) is 0 Å². The van der Waals surface area contributed by atoms with Gasteiger partial charge in [-0.3, -0.25) is 4.79 Å². The molecule has 7 heteroatoms. The molecule has 2 amide bonds. The number of carbonyl (C=O) groups excluding carboxylic acids is 1. The van der Waals surface area contributed by atoms with Crippen molar-refractivity contribution in [1.29, 1.82) is 0 Å². The zero-order valence-corrected chi connectivity index (χ0v) is 19.0. The fraction of sp³-hybridized carbons (Fsp3) is 0.0833. The highest BCUT2D eigenvalue weighted by Gasteiger charge is 2.21. The van der Waals surface area contributed by atoms with E-state index in [1.54, 1.807) is 4.68 Å². The molecule has 0 aliphatic heterocycles. The number of nitrogens with zero attached hydrogens (tertiary/aromatic N) is 2. The maximum atomic E-state index is 13.4. The van der Waals surface area contributed by atoms with Crippen LogP contribution in [0.25, 0.3) is 11.4 Å². The molecular weight excluding hydrogens is 503 g/mol. The normalized spacial score (nSPS) is 10.6. The zero-order chi connectivity index (χ0) is 21.8. The molecule has 1 aromatic heterocycles. The Hall–Kier alpha value is -3.33. The molecule has 2 N–H and O–H groups in total. The summed E-state index contributed by atoms with van der Waals surface area (Å²) < 4.78 is 4.22. The van der Waals surface area contributed by atoms with Crippen LogP contribution in [0.1, 0.15) is 11.3 Å². The number of carbonyl (C=O) groups is 1. The van der Waals surface area contributed by atoms with E-state index < -0.39 is 6.03 Å². The Morgan fingerprint density at radius 2 is 1.45 bits per heavy atom. The third-order valence-electron chi connectivity index (χ3n) is 4.86. The number of hydrogen-bond donors (Lipinski definition) is 2. The molecule has 0 aliphatic carbocycles. The quantitative estimate of drug-likeness (QED) is 0.267. The summed E-state index contributed by atoms with van der Waals surface area (Å²) in [5.41, 5.74) is 3.88. The summed E-state index contributed by atoms with van der Waals surface area (Å²) in [6.07, 6.45) is 0. The van der Waals surface area contributed by atoms with E-state index in [0.717, 1.165) is 15.7 Å². The lowest BCUT2D eigenvalue weighted by molar-refractivity contribution is 0.262. The second kappa shape index (κ2) is 9.22. The van der Waals surface area contributed by atoms with E-state index in [2.05, 4.69) is 33.2 Å². The van der Waals surface area contributed by atoms with Gasteiger partial charge in [0.1, 0.15) is 5.69 Å². The maximum Gasteiger partial charge on any atom is 0.323 e. The van der Waals surface area contributed by atoms with Crippen LogP contribution >= 0.6 is 22.6 Å². The van der Waals surface area contributed by atoms with Crippen molar-refractivity contribution in [2.45, 2.75) is 11.4 Å². The van der Waals surface area contributed by atoms with Crippen LogP contribution in [0.5, 0.6) is 0 Å². The Bertz CT molecular complexity index is 1260. The van der Waals surface area contributed by atoms with Crippen LogP contribution in [0.4, 0.5) is 16.2 Å². The fourth-order valence-corrected chi connectivity index (χ4v) is 3.91. The molecule has 0 fully saturated rings. The summed E-state index contributed by atoms with van der Waals surface area (Å²) in [7, 11) is 0. The lowest BCUT2D eigenvalue weighted by atomic mass is 10.2. The van der Waals surface area contributed by atoms with Crippen LogP contribution < -0.4 is 16.2 Å². The number of anilines is 2. The van der Waals surface area contributed by atoms with Gasteiger partial charge in [0, 0.05) is 10.1 Å². The molecule has 0 spiro atoms. The van der Waals surface area contributed by atoms with Crippen LogP contribution in [0.15, 0.2) is 89.7 Å². The SMILES string of the molecule is Cc1c(NC(=O)Nc2cccc(CI)c2)c(=O)n(-c2ccccc2)n1-c1ccccc1. The Morgan fingerprint density at radius 3 is 2.06 bits per heavy atom. The van der Waals surface area contributed by atoms with Gasteiger partial charge in [0.15, 0.2) is 0 Å². The van der Waals surface area contributed by atoms with E-state index in [0.29, 0.717) is 17.1 Å². The van der Waals surface area contributed by atoms with Gasteiger partial charge in [0.05, 0.1) is 17.1 Å². The van der Waals surface area contributed by atoms with E-state index in [1.807, 2.05) is 96.5 Å². The first-order valence-corrected chi connectivity index (χ1v) is 11.3. The number of urea groups is 1. The van der Waals surface area contributed by atoms with Crippen LogP contribution in [-0.4, -0.2) is 15.4 Å². The smallest absolute Gasteiger partial charge is 0.308 e. The molecule has 0 radical (unpaired) electrons. The largest absolute Gasteiger partial charge is 0.323 e. The summed E-state index contributed by atoms with van der Waals surface area (Å²) in [5, 5.41) is 5.58. The van der Waals surface area contributed by atoms with E-state index in [9.17, 15) is 9.59 Å². The zero-order valence-electron chi connectivity index (χ0n) is 16.9. The minimum atomic E-state index is -0.462. The topological polar surface area (TPSA) is 68.1 Å². The van der Waals surface area contributed by atoms with Gasteiger partial charge in [-0.2, -0.15) is 0 Å². The fourth-order valence-electron chi connectivity index (χ4n) is 3.44. The Kier molecular flexibility index (Phi) is 6.22. The van der Waals surface area contributed by atoms with Crippen LogP contribution in [-0.2, 0) is 4.43 Å². The average Bonchev–Trinajstić information content (AvgIpc) is 3.05. The number of benzene rings is 3. The van der Waals surface area contributed by atoms with Gasteiger partial charge in [0.25, 0.3) is 5.56 Å². The summed E-state index contributed by atoms with van der Waals surface area (Å²) in [6, 6.07) is 26.1. The van der Waals surface area contributed by atoms with Crippen molar-refractivity contribution in [3.05, 3.63) is 107 Å². The number of amides is 2. The Labute approximate surface area is 193 Å². The molecule has 1 heterocycles. The third kappa shape index (κ3) is 4.41. The first kappa shape index (κ1) is 20.9. The molecule has 4 rings (SSSR count). The van der Waals surface area contributed by atoms with Crippen molar-refractivity contribution in [3.63, 3.8) is 0 Å². The number of para-hydroxylation sites is 2. The van der Waals surface area contributed by atoms with Crippen molar-refractivity contribution in [2.24, 2.45) is 0 Å². The molecule has 4 aromatic rings. The van der Waals surface area contributed by atoms with Gasteiger partial charge in [-0.15, -0.1) is 0 Å². The summed E-state index contributed by atoms with van der Waals surface area (Å²) in [6.45, 7) is 1.82. The summed E-state index contributed by atoms with van der Waals surface area (Å²) >= 11 is 2.27. The standard InChI is InChI=1S/C24H21IN4O2/c1-17-22(27-24(31)26-19-10-8-9-18(15-19)16-25)23(30)29(21-13-6-3-7-14-21)28(17)20-11-4-2-5-12-20/h2-15H,16H2,1H3,(H2,26,27,31). The molecule has 6 nitrogen and oxygen atoms in total. The Balaban J connectivity index is 1.74. The minimum Gasteiger partial charge on any atom is -0.308 e. The predicted octanol–water partition coefficient (Wildman–Crippen LogP) is 5.52. The number of aromatic nitrogens is 2. The highest BCUT2D eigenvalue weighted by atomic mass is 127. The van der Waals surface area contributed by atoms with E-state index in [-0.39, 0.29) is 11.2 Å². The highest BCUT2D eigenvalue weighted by Crippen LogP contribution is 2.21. The first-order chi connectivity index (χ1) is 15.1. The maximum absolute atomic E-state index is 13.4. The van der Waals surface area contributed by atoms with Crippen LogP contribution in [0, 0.1) is 6.92 Å². The van der Waals surface area contributed by atoms with Crippen molar-refractivity contribution in [2.75, 3.05) is 10.6 Å². The van der Waals surface area contributed by atoms with E-state index >= 15 is 0 Å². The number of halogens is 1. The molecule has 0 saturated carbocycles. The summed E-state index contributed by atoms with van der Waals surface area (Å²) in [5.74, 6) is 0. The molecule has 0 atom stereocenters. The molecule has 156 valence electrons. The second-order valence-electron chi connectivity index (χ2n) is 6.97. The monoisotopic (exact) mass is 524 g/mol. The van der Waals surface area contributed by atoms with Crippen molar-refractivity contribution in [1.82, 2.24) is 9.36 Å². The first-order valence-electron chi connectivity index (χ1n) is 9.77.